The highest BCUT2D eigenvalue weighted by molar-refractivity contribution is 7.97. The Balaban J connectivity index is 1.78. The van der Waals surface area contributed by atoms with Crippen molar-refractivity contribution in [3.8, 4) is 0 Å². The minimum Gasteiger partial charge on any atom is -0.334 e. The second-order valence-electron chi connectivity index (χ2n) is 5.24. The van der Waals surface area contributed by atoms with Gasteiger partial charge < -0.3 is 9.88 Å². The summed E-state index contributed by atoms with van der Waals surface area (Å²) < 4.78 is 2.10. The van der Waals surface area contributed by atoms with Gasteiger partial charge in [0.1, 0.15) is 11.5 Å². The van der Waals surface area contributed by atoms with Crippen LogP contribution in [-0.4, -0.2) is 21.7 Å². The molecule has 1 N–H and O–H groups in total. The molecule has 21 heavy (non-hydrogen) atoms. The Morgan fingerprint density at radius 1 is 1.38 bits per heavy atom. The molecule has 0 aliphatic carbocycles. The average molecular weight is 301 g/mol. The first kappa shape index (κ1) is 14.2. The van der Waals surface area contributed by atoms with Crippen LogP contribution in [0.2, 0.25) is 0 Å². The number of imidazole rings is 1. The van der Waals surface area contributed by atoms with E-state index in [1.54, 1.807) is 11.8 Å². The number of rotatable bonds is 4. The normalized spacial score (nSPS) is 13.8. The van der Waals surface area contributed by atoms with E-state index in [-0.39, 0.29) is 5.91 Å². The predicted molar refractivity (Wildman–Crippen MR) is 86.8 cm³/mol. The van der Waals surface area contributed by atoms with Gasteiger partial charge in [-0.15, -0.1) is 0 Å². The van der Waals surface area contributed by atoms with Crippen molar-refractivity contribution in [1.82, 2.24) is 9.55 Å². The first-order valence-corrected chi connectivity index (χ1v) is 8.61. The molecule has 0 radical (unpaired) electrons. The summed E-state index contributed by atoms with van der Waals surface area (Å²) >= 11 is 1.74. The van der Waals surface area contributed by atoms with Crippen molar-refractivity contribution < 1.29 is 4.79 Å². The second kappa shape index (κ2) is 6.35. The molecule has 110 valence electrons. The smallest absolute Gasteiger partial charge is 0.275 e. The number of amides is 1. The number of aryl methyl sites for hydroxylation is 2. The number of carbonyl (C=O) groups excluding carboxylic acids is 1. The van der Waals surface area contributed by atoms with Crippen molar-refractivity contribution >= 4 is 23.4 Å². The van der Waals surface area contributed by atoms with Crippen LogP contribution in [0.5, 0.6) is 0 Å². The highest BCUT2D eigenvalue weighted by Crippen LogP contribution is 2.21. The zero-order chi connectivity index (χ0) is 14.7. The predicted octanol–water partition coefficient (Wildman–Crippen LogP) is 3.33. The van der Waals surface area contributed by atoms with Gasteiger partial charge in [0, 0.05) is 30.6 Å². The third-order valence-corrected chi connectivity index (χ3v) is 4.31. The lowest BCUT2D eigenvalue weighted by atomic mass is 10.2. The summed E-state index contributed by atoms with van der Waals surface area (Å²) in [5.74, 6) is 1.80. The quantitative estimate of drug-likeness (QED) is 0.942. The first-order valence-electron chi connectivity index (χ1n) is 7.22. The topological polar surface area (TPSA) is 46.9 Å². The molecule has 0 fully saturated rings. The van der Waals surface area contributed by atoms with Crippen LogP contribution in [-0.2, 0) is 18.7 Å². The lowest BCUT2D eigenvalue weighted by molar-refractivity contribution is 0.102. The van der Waals surface area contributed by atoms with E-state index in [1.165, 1.54) is 6.42 Å². The van der Waals surface area contributed by atoms with Crippen LogP contribution < -0.4 is 5.32 Å². The van der Waals surface area contributed by atoms with Gasteiger partial charge in [-0.1, -0.05) is 18.2 Å². The largest absolute Gasteiger partial charge is 0.334 e. The van der Waals surface area contributed by atoms with Crippen molar-refractivity contribution in [1.29, 1.82) is 0 Å². The number of nitrogens with one attached hydrogen (secondary N) is 1. The van der Waals surface area contributed by atoms with Crippen molar-refractivity contribution in [2.24, 2.45) is 0 Å². The Kier molecular flexibility index (Phi) is 4.29. The van der Waals surface area contributed by atoms with E-state index >= 15 is 0 Å². The summed E-state index contributed by atoms with van der Waals surface area (Å²) in [6.07, 6.45) is 7.23. The summed E-state index contributed by atoms with van der Waals surface area (Å²) in [6, 6.07) is 7.93. The molecule has 4 nitrogen and oxygen atoms in total. The third-order valence-electron chi connectivity index (χ3n) is 3.71. The van der Waals surface area contributed by atoms with Crippen LogP contribution in [0.1, 0.15) is 34.7 Å². The number of para-hydroxylation sites is 1. The number of hydrogen-bond donors (Lipinski definition) is 1. The second-order valence-corrected chi connectivity index (χ2v) is 6.10. The van der Waals surface area contributed by atoms with Gasteiger partial charge in [0.25, 0.3) is 5.91 Å². The molecular formula is C16H19N3OS. The summed E-state index contributed by atoms with van der Waals surface area (Å²) in [4.78, 5) is 16.9. The fraction of sp³-hybridized carbons (Fsp3) is 0.375. The van der Waals surface area contributed by atoms with Crippen LogP contribution in [0.3, 0.4) is 0 Å². The molecule has 0 saturated heterocycles. The third kappa shape index (κ3) is 3.13. The number of carbonyl (C=O) groups is 1. The van der Waals surface area contributed by atoms with Crippen molar-refractivity contribution in [3.05, 3.63) is 47.5 Å². The maximum absolute atomic E-state index is 12.4. The standard InChI is InChI=1S/C16H19N3OS/c1-21-11-12-6-2-3-7-13(12)18-16(20)14-10-19-9-5-4-8-15(19)17-14/h2-3,6-7,10H,4-5,8-9,11H2,1H3,(H,18,20). The highest BCUT2D eigenvalue weighted by atomic mass is 32.2. The fourth-order valence-electron chi connectivity index (χ4n) is 2.63. The lowest BCUT2D eigenvalue weighted by Gasteiger charge is -2.11. The lowest BCUT2D eigenvalue weighted by Crippen LogP contribution is -2.13. The Hall–Kier alpha value is -1.75. The molecule has 1 aromatic carbocycles. The van der Waals surface area contributed by atoms with Crippen molar-refractivity contribution in [3.63, 3.8) is 0 Å². The number of nitrogens with zero attached hydrogens (tertiary/aromatic N) is 2. The van der Waals surface area contributed by atoms with Gasteiger partial charge >= 0.3 is 0 Å². The molecule has 1 aliphatic heterocycles. The number of benzene rings is 1. The van der Waals surface area contributed by atoms with E-state index in [4.69, 9.17) is 0 Å². The number of aromatic nitrogens is 2. The molecule has 0 atom stereocenters. The minimum atomic E-state index is -0.120. The number of anilines is 1. The zero-order valence-corrected chi connectivity index (χ0v) is 12.9. The Morgan fingerprint density at radius 2 is 2.24 bits per heavy atom. The molecule has 1 amide bonds. The Morgan fingerprint density at radius 3 is 3.05 bits per heavy atom. The minimum absolute atomic E-state index is 0.120. The zero-order valence-electron chi connectivity index (χ0n) is 12.1. The fourth-order valence-corrected chi connectivity index (χ4v) is 3.19. The number of fused-ring (bicyclic) bond motifs is 1. The van der Waals surface area contributed by atoms with E-state index in [0.29, 0.717) is 5.69 Å². The number of hydrogen-bond acceptors (Lipinski definition) is 3. The first-order chi connectivity index (χ1) is 10.3. The van der Waals surface area contributed by atoms with Crippen LogP contribution in [0.25, 0.3) is 0 Å². The molecule has 3 rings (SSSR count). The molecule has 1 aromatic heterocycles. The van der Waals surface area contributed by atoms with Crippen LogP contribution in [0.15, 0.2) is 30.5 Å². The van der Waals surface area contributed by atoms with Crippen LogP contribution in [0, 0.1) is 0 Å². The van der Waals surface area contributed by atoms with Crippen molar-refractivity contribution in [2.75, 3.05) is 11.6 Å². The van der Waals surface area contributed by atoms with E-state index < -0.39 is 0 Å². The molecule has 2 aromatic rings. The van der Waals surface area contributed by atoms with E-state index in [9.17, 15) is 4.79 Å². The Bertz CT molecular complexity index is 627. The molecule has 0 unspecified atom stereocenters. The van der Waals surface area contributed by atoms with Crippen LogP contribution in [0.4, 0.5) is 5.69 Å². The summed E-state index contributed by atoms with van der Waals surface area (Å²) in [7, 11) is 0. The van der Waals surface area contributed by atoms with Crippen molar-refractivity contribution in [2.45, 2.75) is 31.6 Å². The molecule has 2 heterocycles. The van der Waals surface area contributed by atoms with Gasteiger partial charge in [0.05, 0.1) is 0 Å². The van der Waals surface area contributed by atoms with E-state index in [2.05, 4.69) is 21.1 Å². The van der Waals surface area contributed by atoms with Gasteiger partial charge in [0.2, 0.25) is 0 Å². The maximum Gasteiger partial charge on any atom is 0.275 e. The molecule has 1 aliphatic rings. The van der Waals surface area contributed by atoms with Crippen LogP contribution >= 0.6 is 11.8 Å². The monoisotopic (exact) mass is 301 g/mol. The van der Waals surface area contributed by atoms with E-state index in [1.807, 2.05) is 30.5 Å². The molecule has 0 spiro atoms. The SMILES string of the molecule is CSCc1ccccc1NC(=O)c1cn2c(n1)CCCC2. The Labute approximate surface area is 129 Å². The summed E-state index contributed by atoms with van der Waals surface area (Å²) in [6.45, 7) is 0.971. The summed E-state index contributed by atoms with van der Waals surface area (Å²) in [5, 5.41) is 2.99. The molecule has 5 heteroatoms. The summed E-state index contributed by atoms with van der Waals surface area (Å²) in [5.41, 5.74) is 2.54. The number of thioether (sulfide) groups is 1. The maximum atomic E-state index is 12.4. The van der Waals surface area contributed by atoms with Gasteiger partial charge in [-0.2, -0.15) is 11.8 Å². The van der Waals surface area contributed by atoms with Gasteiger partial charge in [0.15, 0.2) is 0 Å². The highest BCUT2D eigenvalue weighted by Gasteiger charge is 2.17. The average Bonchev–Trinajstić information content (AvgIpc) is 2.93. The molecule has 0 bridgehead atoms. The van der Waals surface area contributed by atoms with Gasteiger partial charge in [-0.25, -0.2) is 4.98 Å². The van der Waals surface area contributed by atoms with E-state index in [0.717, 1.165) is 42.2 Å². The van der Waals surface area contributed by atoms with Gasteiger partial charge in [-0.05, 0) is 30.7 Å². The molecule has 0 saturated carbocycles. The van der Waals surface area contributed by atoms with Gasteiger partial charge in [-0.3, -0.25) is 4.79 Å². The molecular weight excluding hydrogens is 282 g/mol.